The summed E-state index contributed by atoms with van der Waals surface area (Å²) in [5.74, 6) is 0.473. The largest absolute Gasteiger partial charge is 0.341 e. The molecule has 0 radical (unpaired) electrons. The molecule has 7 heteroatoms. The third-order valence-corrected chi connectivity index (χ3v) is 5.61. The minimum Gasteiger partial charge on any atom is -0.341 e. The lowest BCUT2D eigenvalue weighted by atomic mass is 9.95. The Morgan fingerprint density at radius 3 is 2.63 bits per heavy atom. The lowest BCUT2D eigenvalue weighted by Crippen LogP contribution is -2.48. The van der Waals surface area contributed by atoms with Crippen molar-refractivity contribution in [2.24, 2.45) is 5.92 Å². The number of likely N-dealkylation sites (tertiary alicyclic amines) is 1. The summed E-state index contributed by atoms with van der Waals surface area (Å²) in [5, 5.41) is 4.36. The van der Waals surface area contributed by atoms with Crippen LogP contribution in [0.3, 0.4) is 0 Å². The number of piperidine rings is 1. The van der Waals surface area contributed by atoms with Crippen molar-refractivity contribution in [1.29, 1.82) is 0 Å². The van der Waals surface area contributed by atoms with Crippen molar-refractivity contribution in [2.75, 3.05) is 13.1 Å². The molecule has 2 aliphatic rings. The second-order valence-corrected chi connectivity index (χ2v) is 7.69. The third kappa shape index (κ3) is 4.20. The van der Waals surface area contributed by atoms with E-state index in [0.29, 0.717) is 12.3 Å². The van der Waals surface area contributed by atoms with Crippen molar-refractivity contribution < 1.29 is 9.18 Å². The van der Waals surface area contributed by atoms with Crippen LogP contribution < -0.4 is 10.9 Å². The van der Waals surface area contributed by atoms with E-state index >= 15 is 0 Å². The highest BCUT2D eigenvalue weighted by molar-refractivity contribution is 5.82. The first-order valence-electron chi connectivity index (χ1n) is 9.63. The van der Waals surface area contributed by atoms with Crippen LogP contribution in [0.15, 0.2) is 36.7 Å². The number of carbonyl (C=O) groups is 1. The number of aromatic nitrogens is 2. The van der Waals surface area contributed by atoms with Crippen LogP contribution in [0.25, 0.3) is 0 Å². The predicted molar refractivity (Wildman–Crippen MR) is 100 cm³/mol. The van der Waals surface area contributed by atoms with Gasteiger partial charge in [-0.2, -0.15) is 5.10 Å². The highest BCUT2D eigenvalue weighted by Gasteiger charge is 2.34. The van der Waals surface area contributed by atoms with Gasteiger partial charge in [0.1, 0.15) is 11.9 Å². The van der Waals surface area contributed by atoms with E-state index in [1.165, 1.54) is 17.7 Å². The molecule has 144 valence electrons. The SMILES string of the molecule is Cc1cnn(CC2CCN(C(=O)C3CC(c4ccc(F)cc4)NN3)CC2)c1. The number of aryl methyl sites for hydroxylation is 1. The van der Waals surface area contributed by atoms with E-state index in [4.69, 9.17) is 0 Å². The van der Waals surface area contributed by atoms with Crippen LogP contribution in [0, 0.1) is 18.7 Å². The van der Waals surface area contributed by atoms with Crippen molar-refractivity contribution >= 4 is 5.91 Å². The Morgan fingerprint density at radius 2 is 1.96 bits per heavy atom. The van der Waals surface area contributed by atoms with E-state index in [0.717, 1.165) is 38.0 Å². The Hall–Kier alpha value is -2.25. The summed E-state index contributed by atoms with van der Waals surface area (Å²) in [5.41, 5.74) is 8.47. The van der Waals surface area contributed by atoms with Gasteiger partial charge in [0.2, 0.25) is 5.91 Å². The first kappa shape index (κ1) is 18.1. The van der Waals surface area contributed by atoms with Crippen LogP contribution in [0.2, 0.25) is 0 Å². The topological polar surface area (TPSA) is 62.2 Å². The van der Waals surface area contributed by atoms with Gasteiger partial charge in [-0.15, -0.1) is 0 Å². The maximum Gasteiger partial charge on any atom is 0.241 e. The number of benzene rings is 1. The summed E-state index contributed by atoms with van der Waals surface area (Å²) in [6.07, 6.45) is 6.64. The summed E-state index contributed by atoms with van der Waals surface area (Å²) in [7, 11) is 0. The van der Waals surface area contributed by atoms with Crippen molar-refractivity contribution in [3.8, 4) is 0 Å². The smallest absolute Gasteiger partial charge is 0.241 e. The first-order valence-corrected chi connectivity index (χ1v) is 9.63. The van der Waals surface area contributed by atoms with E-state index in [9.17, 15) is 9.18 Å². The van der Waals surface area contributed by atoms with E-state index in [2.05, 4.69) is 22.1 Å². The Bertz CT molecular complexity index is 782. The second kappa shape index (κ2) is 7.78. The molecule has 6 nitrogen and oxygen atoms in total. The minimum absolute atomic E-state index is 0.0279. The van der Waals surface area contributed by atoms with Crippen LogP contribution in [0.4, 0.5) is 4.39 Å². The Balaban J connectivity index is 1.27. The summed E-state index contributed by atoms with van der Waals surface area (Å²) in [6.45, 7) is 4.56. The number of hydrogen-bond acceptors (Lipinski definition) is 4. The normalized spacial score (nSPS) is 23.7. The number of hydrazine groups is 1. The molecule has 2 unspecified atom stereocenters. The standard InChI is InChI=1S/C20H26FN5O/c1-14-11-22-26(12-14)13-15-6-8-25(9-7-15)20(27)19-10-18(23-24-19)16-2-4-17(21)5-3-16/h2-5,11-12,15,18-19,23-24H,6-10,13H2,1H3. The lowest BCUT2D eigenvalue weighted by Gasteiger charge is -2.33. The van der Waals surface area contributed by atoms with Crippen molar-refractivity contribution in [1.82, 2.24) is 25.5 Å². The predicted octanol–water partition coefficient (Wildman–Crippen LogP) is 2.18. The number of hydrogen-bond donors (Lipinski definition) is 2. The molecule has 2 N–H and O–H groups in total. The molecular weight excluding hydrogens is 345 g/mol. The summed E-state index contributed by atoms with van der Waals surface area (Å²) in [4.78, 5) is 14.8. The van der Waals surface area contributed by atoms with Gasteiger partial charge < -0.3 is 4.90 Å². The molecule has 1 aromatic heterocycles. The summed E-state index contributed by atoms with van der Waals surface area (Å²) < 4.78 is 15.1. The Morgan fingerprint density at radius 1 is 1.22 bits per heavy atom. The molecule has 3 heterocycles. The Labute approximate surface area is 158 Å². The molecule has 2 aromatic rings. The fourth-order valence-electron chi connectivity index (χ4n) is 4.02. The highest BCUT2D eigenvalue weighted by Crippen LogP contribution is 2.25. The zero-order valence-electron chi connectivity index (χ0n) is 15.6. The minimum atomic E-state index is -0.245. The molecule has 2 saturated heterocycles. The number of carbonyl (C=O) groups excluding carboxylic acids is 1. The van der Waals surface area contributed by atoms with E-state index in [1.807, 2.05) is 22.7 Å². The number of amides is 1. The quantitative estimate of drug-likeness (QED) is 0.865. The number of halogens is 1. The van der Waals surface area contributed by atoms with Crippen LogP contribution in [-0.2, 0) is 11.3 Å². The highest BCUT2D eigenvalue weighted by atomic mass is 19.1. The van der Waals surface area contributed by atoms with Gasteiger partial charge in [-0.25, -0.2) is 15.2 Å². The molecule has 2 fully saturated rings. The first-order chi connectivity index (χ1) is 13.1. The average Bonchev–Trinajstić information content (AvgIpc) is 3.32. The fourth-order valence-corrected chi connectivity index (χ4v) is 4.02. The monoisotopic (exact) mass is 371 g/mol. The molecule has 2 aliphatic heterocycles. The third-order valence-electron chi connectivity index (χ3n) is 5.61. The van der Waals surface area contributed by atoms with Crippen LogP contribution in [0.1, 0.15) is 36.4 Å². The van der Waals surface area contributed by atoms with Gasteiger partial charge in [-0.3, -0.25) is 9.48 Å². The van der Waals surface area contributed by atoms with E-state index in [1.54, 1.807) is 12.1 Å². The van der Waals surface area contributed by atoms with E-state index in [-0.39, 0.29) is 23.8 Å². The summed E-state index contributed by atoms with van der Waals surface area (Å²) in [6, 6.07) is 6.25. The molecule has 0 aliphatic carbocycles. The maximum atomic E-state index is 13.1. The van der Waals surface area contributed by atoms with Gasteiger partial charge in [0, 0.05) is 31.9 Å². The molecule has 1 amide bonds. The van der Waals surface area contributed by atoms with Crippen LogP contribution in [0.5, 0.6) is 0 Å². The molecule has 1 aromatic carbocycles. The number of rotatable bonds is 4. The van der Waals surface area contributed by atoms with Crippen molar-refractivity contribution in [3.05, 3.63) is 53.6 Å². The van der Waals surface area contributed by atoms with Gasteiger partial charge in [0.15, 0.2) is 0 Å². The zero-order valence-corrected chi connectivity index (χ0v) is 15.6. The van der Waals surface area contributed by atoms with Crippen LogP contribution in [-0.4, -0.2) is 39.7 Å². The van der Waals surface area contributed by atoms with Crippen LogP contribution >= 0.6 is 0 Å². The van der Waals surface area contributed by atoms with Gasteiger partial charge in [0.05, 0.1) is 6.20 Å². The Kier molecular flexibility index (Phi) is 5.22. The van der Waals surface area contributed by atoms with Gasteiger partial charge >= 0.3 is 0 Å². The molecular formula is C20H26FN5O. The lowest BCUT2D eigenvalue weighted by molar-refractivity contribution is -0.134. The zero-order chi connectivity index (χ0) is 18.8. The molecule has 0 bridgehead atoms. The number of nitrogens with one attached hydrogen (secondary N) is 2. The van der Waals surface area contributed by atoms with Crippen molar-refractivity contribution in [2.45, 2.75) is 44.8 Å². The van der Waals surface area contributed by atoms with Gasteiger partial charge in [0.25, 0.3) is 0 Å². The van der Waals surface area contributed by atoms with E-state index < -0.39 is 0 Å². The number of nitrogens with zero attached hydrogens (tertiary/aromatic N) is 3. The molecule has 27 heavy (non-hydrogen) atoms. The molecule has 0 spiro atoms. The maximum absolute atomic E-state index is 13.1. The molecule has 4 rings (SSSR count). The summed E-state index contributed by atoms with van der Waals surface area (Å²) >= 11 is 0. The van der Waals surface area contributed by atoms with Gasteiger partial charge in [-0.05, 0) is 55.4 Å². The average molecular weight is 371 g/mol. The molecule has 2 atom stereocenters. The fraction of sp³-hybridized carbons (Fsp3) is 0.500. The van der Waals surface area contributed by atoms with Crippen molar-refractivity contribution in [3.63, 3.8) is 0 Å². The second-order valence-electron chi connectivity index (χ2n) is 7.69. The van der Waals surface area contributed by atoms with Gasteiger partial charge in [-0.1, -0.05) is 12.1 Å². The molecule has 0 saturated carbocycles.